The maximum absolute atomic E-state index is 15.2. The van der Waals surface area contributed by atoms with Crippen molar-refractivity contribution in [2.45, 2.75) is 81.2 Å². The molecule has 9 atom stereocenters. The molecule has 79 heavy (non-hydrogen) atoms. The van der Waals surface area contributed by atoms with E-state index in [9.17, 15) is 64.2 Å². The van der Waals surface area contributed by atoms with Crippen LogP contribution >= 0.6 is 23.2 Å². The Labute approximate surface area is 459 Å². The lowest BCUT2D eigenvalue weighted by Crippen LogP contribution is -2.59. The van der Waals surface area contributed by atoms with Crippen LogP contribution in [0.4, 0.5) is 0 Å². The summed E-state index contributed by atoms with van der Waals surface area (Å²) >= 11 is 13.5. The van der Waals surface area contributed by atoms with E-state index in [1.807, 2.05) is 13.8 Å². The Kier molecular flexibility index (Phi) is 18.2. The van der Waals surface area contributed by atoms with Gasteiger partial charge < -0.3 is 83.1 Å². The first-order chi connectivity index (χ1) is 37.4. The molecule has 26 heteroatoms. The summed E-state index contributed by atoms with van der Waals surface area (Å²) < 4.78 is 12.2. The van der Waals surface area contributed by atoms with Crippen molar-refractivity contribution < 1.29 is 78.5 Å². The molecule has 0 aromatic heterocycles. The first-order valence-electron chi connectivity index (χ1n) is 24.2. The number of aliphatic carboxylic acids is 1. The second kappa shape index (κ2) is 24.8. The highest BCUT2D eigenvalue weighted by atomic mass is 35.5. The third kappa shape index (κ3) is 13.7. The molecule has 0 unspecified atom stereocenters. The van der Waals surface area contributed by atoms with Crippen molar-refractivity contribution in [1.29, 1.82) is 0 Å². The number of aliphatic hydroxyl groups excluding tert-OH is 2. The summed E-state index contributed by atoms with van der Waals surface area (Å²) in [6, 6.07) is 6.02. The Morgan fingerprint density at radius 3 is 1.76 bits per heavy atom. The van der Waals surface area contributed by atoms with E-state index >= 15 is 4.79 Å². The summed E-state index contributed by atoms with van der Waals surface area (Å²) in [4.78, 5) is 113. The lowest BCUT2D eigenvalue weighted by Gasteiger charge is -2.30. The number of nitrogens with two attached hydrogens (primary N) is 1. The fourth-order valence-corrected chi connectivity index (χ4v) is 9.09. The molecule has 4 heterocycles. The molecule has 15 N–H and O–H groups in total. The van der Waals surface area contributed by atoms with Crippen molar-refractivity contribution in [3.05, 3.63) is 135 Å². The van der Waals surface area contributed by atoms with Gasteiger partial charge in [-0.1, -0.05) is 73.4 Å². The van der Waals surface area contributed by atoms with Crippen molar-refractivity contribution in [3.63, 3.8) is 0 Å². The number of primary amides is 1. The predicted molar refractivity (Wildman–Crippen MR) is 279 cm³/mol. The summed E-state index contributed by atoms with van der Waals surface area (Å²) in [5.74, 6) is -12.9. The summed E-state index contributed by atoms with van der Waals surface area (Å²) in [6.07, 6.45) is -4.67. The Bertz CT molecular complexity index is 3200. The Morgan fingerprint density at radius 1 is 0.658 bits per heavy atom. The van der Waals surface area contributed by atoms with Crippen LogP contribution < -0.4 is 52.4 Å². The average molecular weight is 1130 g/mol. The van der Waals surface area contributed by atoms with E-state index < -0.39 is 125 Å². The van der Waals surface area contributed by atoms with Crippen LogP contribution in [-0.2, 0) is 38.4 Å². The van der Waals surface area contributed by atoms with E-state index in [-0.39, 0.29) is 73.2 Å². The monoisotopic (exact) mass is 1130 g/mol. The van der Waals surface area contributed by atoms with E-state index in [2.05, 4.69) is 37.2 Å². The number of carboxylic acid groups (broad SMARTS) is 1. The number of phenols is 3. The van der Waals surface area contributed by atoms with E-state index in [4.69, 9.17) is 38.4 Å². The highest BCUT2D eigenvalue weighted by Crippen LogP contribution is 2.46. The number of aromatic hydroxyl groups is 3. The largest absolute Gasteiger partial charge is 0.508 e. The fraction of sp³-hybridized carbons (Fsp3) is 0.283. The summed E-state index contributed by atoms with van der Waals surface area (Å²) in [5, 5.41) is 83.0. The number of carbonyl (C=O) groups excluding carboxylic acids is 7. The number of hydrogen-bond acceptors (Lipinski definition) is 16. The zero-order chi connectivity index (χ0) is 57.6. The number of halogens is 2. The molecule has 0 saturated heterocycles. The Hall–Kier alpha value is -8.68. The smallest absolute Gasteiger partial charge is 0.330 e. The molecule has 24 nitrogen and oxygen atoms in total. The number of hydrogen-bond donors (Lipinski definition) is 14. The quantitative estimate of drug-likeness (QED) is 0.0854. The number of phenolic OH excluding ortho intramolecular Hbond substituents is 3. The van der Waals surface area contributed by atoms with Crippen molar-refractivity contribution in [2.75, 3.05) is 7.05 Å². The third-order valence-electron chi connectivity index (χ3n) is 12.7. The van der Waals surface area contributed by atoms with Gasteiger partial charge >= 0.3 is 5.97 Å². The summed E-state index contributed by atoms with van der Waals surface area (Å²) in [6.45, 7) is 3.69. The molecule has 7 amide bonds. The normalized spacial score (nSPS) is 21.3. The van der Waals surface area contributed by atoms with Gasteiger partial charge in [-0.25, -0.2) is 4.79 Å². The number of carboxylic acids is 1. The summed E-state index contributed by atoms with van der Waals surface area (Å²) in [5.41, 5.74) is 4.84. The van der Waals surface area contributed by atoms with Gasteiger partial charge in [-0.15, -0.1) is 0 Å². The highest BCUT2D eigenvalue weighted by Gasteiger charge is 2.40. The average Bonchev–Trinajstić information content (AvgIpc) is 3.41. The molecular weight excluding hydrogens is 1080 g/mol. The predicted octanol–water partition coefficient (Wildman–Crippen LogP) is 2.71. The third-order valence-corrected chi connectivity index (χ3v) is 13.3. The number of likely N-dealkylation sites (N-methyl/N-ethyl adjacent to an activating group) is 1. The zero-order valence-corrected chi connectivity index (χ0v) is 43.5. The van der Waals surface area contributed by atoms with Crippen LogP contribution in [0.15, 0.2) is 97.1 Å². The van der Waals surface area contributed by atoms with Gasteiger partial charge in [0.15, 0.2) is 17.5 Å². The SMILES string of the molecule is CN[C@@H](CC(C)C)C(=O)N[C@@H]1C(=O)N[C@H](CC(N)=O)C(=O)N[C@@H]2C(=O)N[C@@H](c3ccc(O)cc3)C(=O)N[C@H](C(=O)N[C@H](C(=O)O)c3cccc(O)c3)[C@@H](O)c3ccc(c(Cl)c3)Oc3cc2cc(c3O)Oc2ccc(cc2Cl)[C@@H]1O. The van der Waals surface area contributed by atoms with Crippen LogP contribution in [0.5, 0.6) is 40.2 Å². The number of nitrogens with one attached hydrogen (secondary N) is 7. The van der Waals surface area contributed by atoms with Crippen molar-refractivity contribution in [3.8, 4) is 40.2 Å². The number of ether oxygens (including phenoxy) is 2. The second-order valence-corrected chi connectivity index (χ2v) is 19.7. The molecule has 0 fully saturated rings. The molecule has 4 aliphatic heterocycles. The Balaban J connectivity index is 1.41. The topological polar surface area (TPSA) is 387 Å². The minimum absolute atomic E-state index is 0.0238. The molecule has 9 rings (SSSR count). The molecule has 0 radical (unpaired) electrons. The molecule has 416 valence electrons. The minimum atomic E-state index is -2.14. The number of carbonyl (C=O) groups is 8. The first kappa shape index (κ1) is 58.0. The molecule has 0 aliphatic carbocycles. The number of rotatable bonds is 12. The van der Waals surface area contributed by atoms with Gasteiger partial charge in [0.25, 0.3) is 0 Å². The van der Waals surface area contributed by atoms with E-state index in [1.54, 1.807) is 0 Å². The van der Waals surface area contributed by atoms with Crippen LogP contribution in [0, 0.1) is 5.92 Å². The van der Waals surface area contributed by atoms with Gasteiger partial charge in [-0.2, -0.15) is 0 Å². The summed E-state index contributed by atoms with van der Waals surface area (Å²) in [7, 11) is 1.50. The molecule has 0 saturated carbocycles. The van der Waals surface area contributed by atoms with Crippen LogP contribution in [0.25, 0.3) is 0 Å². The van der Waals surface area contributed by atoms with E-state index in [1.165, 1.54) is 67.7 Å². The van der Waals surface area contributed by atoms with E-state index in [0.29, 0.717) is 0 Å². The number of amides is 7. The molecular formula is C53H54Cl2N8O16. The van der Waals surface area contributed by atoms with Gasteiger partial charge in [-0.3, -0.25) is 33.6 Å². The van der Waals surface area contributed by atoms with Gasteiger partial charge in [-0.05, 0) is 108 Å². The van der Waals surface area contributed by atoms with Gasteiger partial charge in [0.2, 0.25) is 47.1 Å². The van der Waals surface area contributed by atoms with Gasteiger partial charge in [0, 0.05) is 0 Å². The molecule has 5 aromatic rings. The number of benzene rings is 5. The standard InChI is InChI=1S/C53H54Cl2N8O16/c1-22(2)15-32(57-3)47(70)62-42-44(67)25-9-13-34(30(54)17-25)78-36-19-27-20-37(46(36)69)79-35-14-10-26(18-31(35)55)45(68)43(52(75)61-41(53(76)77)24-5-4-6-29(65)16-24)63-49(72)39(23-7-11-28(64)12-8-23)60-50(73)40(27)59-48(71)33(21-38(56)66)58-51(42)74/h4-14,16-20,22,32-33,39-45,57,64-65,67-69H,15,21H2,1-3H3,(H2,56,66)(H,58,74)(H,59,71)(H,60,73)(H,61,75)(H,62,70)(H,63,72)(H,76,77)/t32-,33+,39-,40-,41-,42-,43-,44-,45-/m0/s1. The second-order valence-electron chi connectivity index (χ2n) is 18.9. The highest BCUT2D eigenvalue weighted by molar-refractivity contribution is 6.32. The zero-order valence-electron chi connectivity index (χ0n) is 42.0. The maximum Gasteiger partial charge on any atom is 0.330 e. The van der Waals surface area contributed by atoms with Crippen LogP contribution in [0.1, 0.15) is 84.8 Å². The lowest BCUT2D eigenvalue weighted by atomic mass is 9.97. The van der Waals surface area contributed by atoms with Crippen LogP contribution in [0.3, 0.4) is 0 Å². The first-order valence-corrected chi connectivity index (χ1v) is 24.9. The van der Waals surface area contributed by atoms with E-state index in [0.717, 1.165) is 36.4 Å². The molecule has 4 aliphatic rings. The van der Waals surface area contributed by atoms with Crippen LogP contribution in [-0.4, -0.2) is 109 Å². The van der Waals surface area contributed by atoms with Crippen molar-refractivity contribution in [1.82, 2.24) is 37.2 Å². The van der Waals surface area contributed by atoms with Gasteiger partial charge in [0.1, 0.15) is 65.4 Å². The minimum Gasteiger partial charge on any atom is -0.508 e. The number of aliphatic hydroxyl groups is 2. The Morgan fingerprint density at radius 2 is 1.22 bits per heavy atom. The lowest BCUT2D eigenvalue weighted by molar-refractivity contribution is -0.143. The van der Waals surface area contributed by atoms with Crippen LogP contribution in [0.2, 0.25) is 10.0 Å². The van der Waals surface area contributed by atoms with Crippen molar-refractivity contribution >= 4 is 70.5 Å². The fourth-order valence-electron chi connectivity index (χ4n) is 8.64. The maximum atomic E-state index is 15.2. The van der Waals surface area contributed by atoms with Crippen molar-refractivity contribution in [2.24, 2.45) is 11.7 Å². The van der Waals surface area contributed by atoms with Gasteiger partial charge in [0.05, 0.1) is 22.5 Å². The molecule has 0 spiro atoms. The number of fused-ring (bicyclic) bond motifs is 16. The molecule has 7 bridgehead atoms. The molecule has 5 aromatic carbocycles.